The van der Waals surface area contributed by atoms with Crippen LogP contribution in [0.25, 0.3) is 0 Å². The molecule has 0 saturated carbocycles. The van der Waals surface area contributed by atoms with E-state index < -0.39 is 0 Å². The number of hydrogen-bond donors (Lipinski definition) is 0. The molecule has 0 aromatic heterocycles. The van der Waals surface area contributed by atoms with Crippen molar-refractivity contribution >= 4 is 0 Å². The van der Waals surface area contributed by atoms with Crippen LogP contribution in [-0.2, 0) is 25.7 Å². The lowest BCUT2D eigenvalue weighted by molar-refractivity contribution is 0.0938. The standard InChI is InChI=1S/C46H56N4/c1-5-15-39-35(11-1)23-27-47-31-32-48-28-24-37-13-3-7-17-41(37)45(48)21-10-22-46-42-18-8-4-14-38(42)26-30-50(46)34-33-49-29-25-36-12-2-6-16-40(36)44(49)20-9-19-43(39)47/h1-8,11-18,43-46H,9-10,19-34H2. The van der Waals surface area contributed by atoms with E-state index in [-0.39, 0.29) is 0 Å². The molecule has 0 amide bonds. The van der Waals surface area contributed by atoms with Gasteiger partial charge in [0.2, 0.25) is 0 Å². The highest BCUT2D eigenvalue weighted by Gasteiger charge is 2.34. The first kappa shape index (κ1) is 32.6. The van der Waals surface area contributed by atoms with Gasteiger partial charge >= 0.3 is 0 Å². The van der Waals surface area contributed by atoms with Gasteiger partial charge in [0.25, 0.3) is 0 Å². The lowest BCUT2D eigenvalue weighted by Crippen LogP contribution is -2.45. The summed E-state index contributed by atoms with van der Waals surface area (Å²) >= 11 is 0. The third kappa shape index (κ3) is 6.50. The van der Waals surface area contributed by atoms with Crippen molar-refractivity contribution in [3.8, 4) is 0 Å². The van der Waals surface area contributed by atoms with Crippen molar-refractivity contribution in [1.29, 1.82) is 0 Å². The molecule has 1 saturated heterocycles. The Morgan fingerprint density at radius 1 is 0.300 bits per heavy atom. The summed E-state index contributed by atoms with van der Waals surface area (Å²) in [6.07, 6.45) is 12.3. The fraction of sp³-hybridized carbons (Fsp3) is 0.478. The summed E-state index contributed by atoms with van der Waals surface area (Å²) in [7, 11) is 0. The number of fused-ring (bicyclic) bond motifs is 12. The molecule has 0 N–H and O–H groups in total. The molecule has 0 spiro atoms. The SMILES string of the molecule is c1ccc2c(c1)CCN1CCN3CCc4ccccc4C3CCCC3c4ccccc4CCN3CCN3CCc4ccccc4C3CCCC21. The summed E-state index contributed by atoms with van der Waals surface area (Å²) < 4.78 is 0. The van der Waals surface area contributed by atoms with Gasteiger partial charge in [0, 0.05) is 76.5 Å². The fourth-order valence-corrected chi connectivity index (χ4v) is 10.8. The van der Waals surface area contributed by atoms with Crippen LogP contribution < -0.4 is 0 Å². The zero-order valence-corrected chi connectivity index (χ0v) is 30.1. The highest BCUT2D eigenvalue weighted by atomic mass is 15.2. The minimum absolute atomic E-state index is 0.524. The van der Waals surface area contributed by atoms with Gasteiger partial charge in [-0.2, -0.15) is 0 Å². The van der Waals surface area contributed by atoms with Gasteiger partial charge in [-0.25, -0.2) is 0 Å². The first-order chi connectivity index (χ1) is 24.8. The maximum absolute atomic E-state index is 2.88. The van der Waals surface area contributed by atoms with Gasteiger partial charge in [-0.15, -0.1) is 0 Å². The average molecular weight is 665 g/mol. The van der Waals surface area contributed by atoms with Crippen molar-refractivity contribution in [2.24, 2.45) is 0 Å². The Balaban J connectivity index is 1.04. The Hall–Kier alpha value is -3.28. The smallest absolute Gasteiger partial charge is 0.0351 e. The molecule has 5 aliphatic rings. The molecule has 4 aromatic rings. The number of hydrogen-bond acceptors (Lipinski definition) is 4. The van der Waals surface area contributed by atoms with Crippen LogP contribution in [0.15, 0.2) is 97.1 Å². The minimum Gasteiger partial charge on any atom is -0.295 e. The van der Waals surface area contributed by atoms with Gasteiger partial charge in [0.05, 0.1) is 0 Å². The molecule has 5 aliphatic heterocycles. The third-order valence-electron chi connectivity index (χ3n) is 13.4. The molecule has 9 rings (SSSR count). The van der Waals surface area contributed by atoms with Gasteiger partial charge in [-0.05, 0) is 109 Å². The van der Waals surface area contributed by atoms with E-state index in [1.54, 1.807) is 44.5 Å². The normalized spacial score (nSPS) is 27.0. The van der Waals surface area contributed by atoms with Crippen molar-refractivity contribution in [2.45, 2.75) is 88.4 Å². The first-order valence-corrected chi connectivity index (χ1v) is 20.1. The summed E-state index contributed by atoms with van der Waals surface area (Å²) in [5, 5.41) is 0. The van der Waals surface area contributed by atoms with Crippen LogP contribution in [0, 0.1) is 0 Å². The lowest BCUT2D eigenvalue weighted by atomic mass is 9.85. The van der Waals surface area contributed by atoms with Crippen LogP contribution in [0.2, 0.25) is 0 Å². The van der Waals surface area contributed by atoms with E-state index >= 15 is 0 Å². The van der Waals surface area contributed by atoms with Gasteiger partial charge < -0.3 is 0 Å². The largest absolute Gasteiger partial charge is 0.295 e. The van der Waals surface area contributed by atoms with E-state index in [4.69, 9.17) is 0 Å². The second-order valence-electron chi connectivity index (χ2n) is 15.9. The maximum atomic E-state index is 2.88. The molecule has 4 aromatic carbocycles. The average Bonchev–Trinajstić information content (AvgIpc) is 3.17. The zero-order valence-electron chi connectivity index (χ0n) is 30.1. The molecule has 4 atom stereocenters. The van der Waals surface area contributed by atoms with E-state index in [2.05, 4.69) is 117 Å². The maximum Gasteiger partial charge on any atom is 0.0351 e. The molecule has 260 valence electrons. The number of nitrogens with zero attached hydrogens (tertiary/aromatic N) is 4. The van der Waals surface area contributed by atoms with Crippen LogP contribution >= 0.6 is 0 Å². The summed E-state index contributed by atoms with van der Waals surface area (Å²) in [5.74, 6) is 0. The highest BCUT2D eigenvalue weighted by molar-refractivity contribution is 5.36. The Kier molecular flexibility index (Phi) is 9.62. The molecule has 0 radical (unpaired) electrons. The van der Waals surface area contributed by atoms with E-state index in [9.17, 15) is 0 Å². The van der Waals surface area contributed by atoms with Crippen molar-refractivity contribution in [3.05, 3.63) is 142 Å². The number of benzene rings is 4. The van der Waals surface area contributed by atoms with Crippen LogP contribution in [0.5, 0.6) is 0 Å². The van der Waals surface area contributed by atoms with Crippen molar-refractivity contribution < 1.29 is 0 Å². The van der Waals surface area contributed by atoms with Crippen molar-refractivity contribution in [1.82, 2.24) is 19.6 Å². The molecule has 0 aliphatic carbocycles. The highest BCUT2D eigenvalue weighted by Crippen LogP contribution is 2.41. The van der Waals surface area contributed by atoms with E-state index in [1.165, 1.54) is 117 Å². The minimum atomic E-state index is 0.524. The molecule has 4 unspecified atom stereocenters. The Labute approximate surface area is 301 Å². The van der Waals surface area contributed by atoms with Gasteiger partial charge in [0.1, 0.15) is 0 Å². The molecular weight excluding hydrogens is 609 g/mol. The van der Waals surface area contributed by atoms with Crippen LogP contribution in [0.4, 0.5) is 0 Å². The van der Waals surface area contributed by atoms with Crippen LogP contribution in [0.3, 0.4) is 0 Å². The second kappa shape index (κ2) is 14.8. The van der Waals surface area contributed by atoms with Crippen molar-refractivity contribution in [2.75, 3.05) is 52.4 Å². The summed E-state index contributed by atoms with van der Waals surface area (Å²) in [4.78, 5) is 11.5. The van der Waals surface area contributed by atoms with E-state index in [0.717, 1.165) is 0 Å². The lowest BCUT2D eigenvalue weighted by Gasteiger charge is -2.44. The van der Waals surface area contributed by atoms with Crippen LogP contribution in [0.1, 0.15) is 107 Å². The van der Waals surface area contributed by atoms with Gasteiger partial charge in [-0.3, -0.25) is 19.6 Å². The molecule has 0 bridgehead atoms. The van der Waals surface area contributed by atoms with Crippen LogP contribution in [-0.4, -0.2) is 72.0 Å². The molecular formula is C46H56N4. The molecule has 4 heteroatoms. The second-order valence-corrected chi connectivity index (χ2v) is 15.9. The summed E-state index contributed by atoms with van der Waals surface area (Å²) in [5.41, 5.74) is 12.8. The summed E-state index contributed by atoms with van der Waals surface area (Å²) in [6, 6.07) is 39.7. The molecule has 1 fully saturated rings. The Bertz CT molecular complexity index is 1510. The topological polar surface area (TPSA) is 13.0 Å². The molecule has 4 nitrogen and oxygen atoms in total. The van der Waals surface area contributed by atoms with Gasteiger partial charge in [-0.1, -0.05) is 97.1 Å². The molecule has 5 heterocycles. The number of rotatable bonds is 0. The molecule has 50 heavy (non-hydrogen) atoms. The third-order valence-corrected chi connectivity index (χ3v) is 13.4. The van der Waals surface area contributed by atoms with E-state index in [1.807, 2.05) is 0 Å². The predicted molar refractivity (Wildman–Crippen MR) is 206 cm³/mol. The Morgan fingerprint density at radius 2 is 0.540 bits per heavy atom. The first-order valence-electron chi connectivity index (χ1n) is 20.1. The zero-order chi connectivity index (χ0) is 33.3. The Morgan fingerprint density at radius 3 is 0.800 bits per heavy atom. The summed E-state index contributed by atoms with van der Waals surface area (Å²) in [6.45, 7) is 9.41. The predicted octanol–water partition coefficient (Wildman–Crippen LogP) is 8.74. The fourth-order valence-electron chi connectivity index (χ4n) is 10.8. The quantitative estimate of drug-likeness (QED) is 0.186. The monoisotopic (exact) mass is 664 g/mol. The van der Waals surface area contributed by atoms with Gasteiger partial charge in [0.15, 0.2) is 0 Å². The van der Waals surface area contributed by atoms with E-state index in [0.29, 0.717) is 24.2 Å². The van der Waals surface area contributed by atoms with Crippen molar-refractivity contribution in [3.63, 3.8) is 0 Å².